The van der Waals surface area contributed by atoms with Gasteiger partial charge in [0.15, 0.2) is 5.82 Å². The van der Waals surface area contributed by atoms with Crippen LogP contribution >= 0.6 is 0 Å². The van der Waals surface area contributed by atoms with Crippen LogP contribution in [0.5, 0.6) is 0 Å². The van der Waals surface area contributed by atoms with Crippen molar-refractivity contribution in [1.82, 2.24) is 30.2 Å². The lowest BCUT2D eigenvalue weighted by molar-refractivity contribution is 0.485. The zero-order valence-electron chi connectivity index (χ0n) is 19.2. The molecular weight excluding hydrogens is 426 g/mol. The van der Waals surface area contributed by atoms with E-state index in [1.807, 2.05) is 25.1 Å². The van der Waals surface area contributed by atoms with Gasteiger partial charge in [-0.2, -0.15) is 4.98 Å². The Balaban J connectivity index is 1.27. The molecule has 3 aromatic heterocycles. The Bertz CT molecular complexity index is 1260. The smallest absolute Gasteiger partial charge is 0.229 e. The van der Waals surface area contributed by atoms with Gasteiger partial charge in [0.05, 0.1) is 0 Å². The molecule has 0 unspecified atom stereocenters. The van der Waals surface area contributed by atoms with Crippen LogP contribution in [0.4, 0.5) is 29.0 Å². The lowest BCUT2D eigenvalue weighted by Gasteiger charge is -2.33. The van der Waals surface area contributed by atoms with Crippen molar-refractivity contribution in [2.45, 2.75) is 19.9 Å². The predicted molar refractivity (Wildman–Crippen MR) is 135 cm³/mol. The fourth-order valence-electron chi connectivity index (χ4n) is 3.89. The number of aromatic nitrogens is 5. The number of hydrogen-bond donors (Lipinski definition) is 3. The predicted octanol–water partition coefficient (Wildman–Crippen LogP) is 3.92. The average molecular weight is 454 g/mol. The van der Waals surface area contributed by atoms with Crippen molar-refractivity contribution in [3.05, 3.63) is 72.7 Å². The fraction of sp³-hybridized carbons (Fsp3) is 0.240. The molecule has 0 aliphatic carbocycles. The third kappa shape index (κ3) is 5.26. The van der Waals surface area contributed by atoms with E-state index in [4.69, 9.17) is 0 Å². The average Bonchev–Trinajstić information content (AvgIpc) is 2.85. The van der Waals surface area contributed by atoms with Gasteiger partial charge >= 0.3 is 0 Å². The summed E-state index contributed by atoms with van der Waals surface area (Å²) in [6.45, 7) is 7.18. The molecule has 0 amide bonds. The molecule has 1 saturated heterocycles. The Morgan fingerprint density at radius 3 is 2.47 bits per heavy atom. The highest BCUT2D eigenvalue weighted by atomic mass is 15.2. The Morgan fingerprint density at radius 2 is 1.68 bits per heavy atom. The fourth-order valence-corrected chi connectivity index (χ4v) is 3.89. The van der Waals surface area contributed by atoms with Gasteiger partial charge in [0, 0.05) is 55.1 Å². The van der Waals surface area contributed by atoms with Crippen molar-refractivity contribution in [3.63, 3.8) is 0 Å². The minimum Gasteiger partial charge on any atom is -0.369 e. The van der Waals surface area contributed by atoms with Crippen LogP contribution in [0, 0.1) is 6.92 Å². The summed E-state index contributed by atoms with van der Waals surface area (Å²) in [6, 6.07) is 18.2. The Labute approximate surface area is 198 Å². The minimum absolute atomic E-state index is 0.495. The molecule has 9 nitrogen and oxygen atoms in total. The molecule has 3 N–H and O–H groups in total. The molecular formula is C25H27N9. The Morgan fingerprint density at radius 1 is 0.882 bits per heavy atom. The van der Waals surface area contributed by atoms with Gasteiger partial charge in [-0.1, -0.05) is 6.07 Å². The largest absolute Gasteiger partial charge is 0.369 e. The van der Waals surface area contributed by atoms with Gasteiger partial charge in [-0.15, -0.1) is 0 Å². The van der Waals surface area contributed by atoms with Gasteiger partial charge in [0.25, 0.3) is 0 Å². The number of piperazine rings is 1. The van der Waals surface area contributed by atoms with Crippen molar-refractivity contribution in [1.29, 1.82) is 0 Å². The molecule has 0 radical (unpaired) electrons. The van der Waals surface area contributed by atoms with E-state index in [0.29, 0.717) is 29.5 Å². The van der Waals surface area contributed by atoms with Crippen LogP contribution in [0.25, 0.3) is 11.5 Å². The van der Waals surface area contributed by atoms with Crippen molar-refractivity contribution in [3.8, 4) is 11.5 Å². The molecule has 9 heteroatoms. The molecule has 1 aliphatic heterocycles. The zero-order chi connectivity index (χ0) is 23.3. The van der Waals surface area contributed by atoms with E-state index in [9.17, 15) is 0 Å². The summed E-state index contributed by atoms with van der Waals surface area (Å²) in [6.07, 6.45) is 3.41. The molecule has 1 aromatic carbocycles. The SMILES string of the molecule is Cc1cccc(-c2nccc(Nc3ccnc(Nc4ccc(N5CCN[C@H](C)C5)cc4)n3)n2)n1. The first-order valence-corrected chi connectivity index (χ1v) is 11.3. The van der Waals surface area contributed by atoms with E-state index in [0.717, 1.165) is 36.7 Å². The van der Waals surface area contributed by atoms with Crippen LogP contribution in [0.1, 0.15) is 12.6 Å². The van der Waals surface area contributed by atoms with Crippen LogP contribution in [-0.2, 0) is 0 Å². The van der Waals surface area contributed by atoms with Crippen molar-refractivity contribution in [2.24, 2.45) is 0 Å². The number of nitrogens with one attached hydrogen (secondary N) is 3. The number of nitrogens with zero attached hydrogens (tertiary/aromatic N) is 6. The van der Waals surface area contributed by atoms with Crippen LogP contribution in [0.3, 0.4) is 0 Å². The van der Waals surface area contributed by atoms with E-state index in [2.05, 4.69) is 77.0 Å². The first-order chi connectivity index (χ1) is 16.6. The molecule has 0 saturated carbocycles. The molecule has 1 atom stereocenters. The highest BCUT2D eigenvalue weighted by Gasteiger charge is 2.15. The molecule has 4 aromatic rings. The summed E-state index contributed by atoms with van der Waals surface area (Å²) in [5.41, 5.74) is 3.80. The molecule has 1 fully saturated rings. The van der Waals surface area contributed by atoms with E-state index in [-0.39, 0.29) is 0 Å². The van der Waals surface area contributed by atoms with Gasteiger partial charge in [-0.3, -0.25) is 0 Å². The number of benzene rings is 1. The van der Waals surface area contributed by atoms with Gasteiger partial charge in [-0.05, 0) is 62.4 Å². The van der Waals surface area contributed by atoms with Gasteiger partial charge < -0.3 is 20.9 Å². The summed E-state index contributed by atoms with van der Waals surface area (Å²) in [5.74, 6) is 2.32. The molecule has 1 aliphatic rings. The van der Waals surface area contributed by atoms with Gasteiger partial charge in [0.1, 0.15) is 17.3 Å². The maximum absolute atomic E-state index is 4.58. The summed E-state index contributed by atoms with van der Waals surface area (Å²) in [7, 11) is 0. The number of anilines is 5. The summed E-state index contributed by atoms with van der Waals surface area (Å²) < 4.78 is 0. The maximum atomic E-state index is 4.58. The second-order valence-corrected chi connectivity index (χ2v) is 8.29. The van der Waals surface area contributed by atoms with Crippen LogP contribution in [0.2, 0.25) is 0 Å². The topological polar surface area (TPSA) is 104 Å². The number of pyridine rings is 1. The summed E-state index contributed by atoms with van der Waals surface area (Å²) in [5, 5.41) is 9.98. The third-order valence-corrected chi connectivity index (χ3v) is 5.54. The third-order valence-electron chi connectivity index (χ3n) is 5.54. The second kappa shape index (κ2) is 9.80. The highest BCUT2D eigenvalue weighted by molar-refractivity contribution is 5.62. The molecule has 5 rings (SSSR count). The molecule has 34 heavy (non-hydrogen) atoms. The Kier molecular flexibility index (Phi) is 6.26. The lowest BCUT2D eigenvalue weighted by Crippen LogP contribution is -2.49. The number of rotatable bonds is 6. The van der Waals surface area contributed by atoms with E-state index < -0.39 is 0 Å². The standard InChI is InChI=1S/C25H27N9/c1-17-4-3-5-21(29-17)24-27-12-10-22(32-24)31-23-11-13-28-25(33-23)30-19-6-8-20(9-7-19)34-15-14-26-18(2)16-34/h3-13,18,26H,14-16H2,1-2H3,(H2,27,28,30,31,32,33)/t18-/m1/s1. The van der Waals surface area contributed by atoms with Gasteiger partial charge in [0.2, 0.25) is 5.95 Å². The van der Waals surface area contributed by atoms with E-state index >= 15 is 0 Å². The van der Waals surface area contributed by atoms with E-state index in [1.54, 1.807) is 24.5 Å². The molecule has 0 bridgehead atoms. The molecule has 4 heterocycles. The summed E-state index contributed by atoms with van der Waals surface area (Å²) >= 11 is 0. The quantitative estimate of drug-likeness (QED) is 0.401. The second-order valence-electron chi connectivity index (χ2n) is 8.29. The van der Waals surface area contributed by atoms with Crippen LogP contribution in [0.15, 0.2) is 67.0 Å². The summed E-state index contributed by atoms with van der Waals surface area (Å²) in [4.78, 5) is 24.7. The number of aryl methyl sites for hydroxylation is 1. The lowest BCUT2D eigenvalue weighted by atomic mass is 10.2. The number of hydrogen-bond acceptors (Lipinski definition) is 9. The monoisotopic (exact) mass is 453 g/mol. The first-order valence-electron chi connectivity index (χ1n) is 11.3. The minimum atomic E-state index is 0.495. The van der Waals surface area contributed by atoms with Gasteiger partial charge in [-0.25, -0.2) is 19.9 Å². The van der Waals surface area contributed by atoms with Crippen molar-refractivity contribution < 1.29 is 0 Å². The zero-order valence-corrected chi connectivity index (χ0v) is 19.2. The van der Waals surface area contributed by atoms with Crippen LogP contribution < -0.4 is 20.9 Å². The Hall–Kier alpha value is -4.11. The van der Waals surface area contributed by atoms with Crippen molar-refractivity contribution in [2.75, 3.05) is 35.2 Å². The molecule has 172 valence electrons. The van der Waals surface area contributed by atoms with Crippen molar-refractivity contribution >= 4 is 29.0 Å². The normalized spacial score (nSPS) is 15.7. The van der Waals surface area contributed by atoms with E-state index in [1.165, 1.54) is 5.69 Å². The highest BCUT2D eigenvalue weighted by Crippen LogP contribution is 2.22. The first kappa shape index (κ1) is 21.7. The molecule has 0 spiro atoms. The van der Waals surface area contributed by atoms with Crippen LogP contribution in [-0.4, -0.2) is 50.6 Å². The maximum Gasteiger partial charge on any atom is 0.229 e.